The van der Waals surface area contributed by atoms with E-state index in [4.69, 9.17) is 14.7 Å². The second-order valence-corrected chi connectivity index (χ2v) is 6.57. The molecule has 3 aromatic rings. The zero-order valence-electron chi connectivity index (χ0n) is 15.3. The Labute approximate surface area is 160 Å². The predicted octanol–water partition coefficient (Wildman–Crippen LogP) is 3.55. The van der Waals surface area contributed by atoms with Crippen molar-refractivity contribution in [1.82, 2.24) is 14.9 Å². The molecule has 0 unspecified atom stereocenters. The molecule has 0 aliphatic carbocycles. The summed E-state index contributed by atoms with van der Waals surface area (Å²) in [6.45, 7) is 5.46. The number of nitrogens with zero attached hydrogens (tertiary/aromatic N) is 3. The second-order valence-electron chi connectivity index (χ2n) is 6.57. The molecule has 27 heavy (non-hydrogen) atoms. The highest BCUT2D eigenvalue weighted by Crippen LogP contribution is 2.29. The Morgan fingerprint density at radius 1 is 0.852 bits per heavy atom. The van der Waals surface area contributed by atoms with Crippen molar-refractivity contribution in [3.8, 4) is 22.5 Å². The Kier molecular flexibility index (Phi) is 5.72. The summed E-state index contributed by atoms with van der Waals surface area (Å²) in [5.74, 6) is 0.807. The number of ether oxygens (including phenoxy) is 1. The number of hydrogen-bond acceptors (Lipinski definition) is 5. The summed E-state index contributed by atoms with van der Waals surface area (Å²) in [5.41, 5.74) is 3.95. The topological polar surface area (TPSA) is 50.3 Å². The fourth-order valence-electron chi connectivity index (χ4n) is 3.25. The molecule has 5 heteroatoms. The van der Waals surface area contributed by atoms with Gasteiger partial charge in [0, 0.05) is 37.3 Å². The van der Waals surface area contributed by atoms with Crippen LogP contribution in [0.5, 0.6) is 0 Å². The zero-order valence-corrected chi connectivity index (χ0v) is 15.3. The minimum Gasteiger partial charge on any atom is -0.379 e. The fourth-order valence-corrected chi connectivity index (χ4v) is 3.25. The van der Waals surface area contributed by atoms with Crippen molar-refractivity contribution in [2.75, 3.05) is 44.7 Å². The standard InChI is InChI=1S/C22H24N4O/c1-3-7-18(8-4-1)21-22(19-9-5-2-6-10-19)25-20(17-24-21)23-11-12-26-13-15-27-16-14-26/h1-10,17H,11-16H2,(H,23,25). The van der Waals surface area contributed by atoms with Crippen LogP contribution in [0.2, 0.25) is 0 Å². The van der Waals surface area contributed by atoms with Crippen molar-refractivity contribution in [3.63, 3.8) is 0 Å². The second kappa shape index (κ2) is 8.75. The third-order valence-corrected chi connectivity index (χ3v) is 4.70. The van der Waals surface area contributed by atoms with Crippen molar-refractivity contribution < 1.29 is 4.74 Å². The minimum absolute atomic E-state index is 0.807. The van der Waals surface area contributed by atoms with Crippen LogP contribution in [0.4, 0.5) is 5.82 Å². The Bertz CT molecular complexity index is 849. The molecule has 1 aliphatic heterocycles. The van der Waals surface area contributed by atoms with Crippen LogP contribution >= 0.6 is 0 Å². The molecule has 2 aromatic carbocycles. The maximum Gasteiger partial charge on any atom is 0.145 e. The summed E-state index contributed by atoms with van der Waals surface area (Å²) in [5, 5.41) is 3.42. The molecule has 4 rings (SSSR count). The van der Waals surface area contributed by atoms with Crippen LogP contribution in [0.3, 0.4) is 0 Å². The molecule has 2 heterocycles. The van der Waals surface area contributed by atoms with Gasteiger partial charge in [0.1, 0.15) is 5.82 Å². The number of aromatic nitrogens is 2. The SMILES string of the molecule is c1ccc(-c2ncc(NCCN3CCOCC3)nc2-c2ccccc2)cc1. The summed E-state index contributed by atoms with van der Waals surface area (Å²) in [6.07, 6.45) is 1.83. The molecule has 1 saturated heterocycles. The quantitative estimate of drug-likeness (QED) is 0.728. The summed E-state index contributed by atoms with van der Waals surface area (Å²) in [4.78, 5) is 12.0. The summed E-state index contributed by atoms with van der Waals surface area (Å²) >= 11 is 0. The van der Waals surface area contributed by atoms with Gasteiger partial charge in [-0.2, -0.15) is 0 Å². The van der Waals surface area contributed by atoms with Gasteiger partial charge in [-0.3, -0.25) is 9.88 Å². The lowest BCUT2D eigenvalue weighted by Crippen LogP contribution is -2.39. The van der Waals surface area contributed by atoms with Gasteiger partial charge >= 0.3 is 0 Å². The molecule has 0 spiro atoms. The van der Waals surface area contributed by atoms with E-state index >= 15 is 0 Å². The number of anilines is 1. The van der Waals surface area contributed by atoms with E-state index in [1.54, 1.807) is 0 Å². The highest BCUT2D eigenvalue weighted by molar-refractivity contribution is 5.78. The third kappa shape index (κ3) is 4.51. The molecule has 1 fully saturated rings. The van der Waals surface area contributed by atoms with Crippen LogP contribution in [0.15, 0.2) is 66.9 Å². The van der Waals surface area contributed by atoms with Gasteiger partial charge < -0.3 is 10.1 Å². The summed E-state index contributed by atoms with van der Waals surface area (Å²) in [6, 6.07) is 20.4. The maximum absolute atomic E-state index is 5.40. The number of benzene rings is 2. The van der Waals surface area contributed by atoms with Gasteiger partial charge in [-0.05, 0) is 0 Å². The van der Waals surface area contributed by atoms with Gasteiger partial charge in [-0.1, -0.05) is 60.7 Å². The molecular weight excluding hydrogens is 336 g/mol. The van der Waals surface area contributed by atoms with E-state index in [0.29, 0.717) is 0 Å². The molecule has 1 aromatic heterocycles. The molecule has 1 aliphatic rings. The van der Waals surface area contributed by atoms with E-state index in [1.165, 1.54) is 0 Å². The summed E-state index contributed by atoms with van der Waals surface area (Å²) < 4.78 is 5.40. The van der Waals surface area contributed by atoms with Crippen molar-refractivity contribution in [2.45, 2.75) is 0 Å². The first-order valence-electron chi connectivity index (χ1n) is 9.42. The molecule has 138 valence electrons. The first kappa shape index (κ1) is 17.6. The smallest absolute Gasteiger partial charge is 0.145 e. The Hall–Kier alpha value is -2.76. The lowest BCUT2D eigenvalue weighted by Gasteiger charge is -2.26. The van der Waals surface area contributed by atoms with Crippen molar-refractivity contribution in [3.05, 3.63) is 66.9 Å². The van der Waals surface area contributed by atoms with Crippen LogP contribution in [0.1, 0.15) is 0 Å². The van der Waals surface area contributed by atoms with E-state index in [9.17, 15) is 0 Å². The monoisotopic (exact) mass is 360 g/mol. The van der Waals surface area contributed by atoms with E-state index < -0.39 is 0 Å². The highest BCUT2D eigenvalue weighted by Gasteiger charge is 2.13. The maximum atomic E-state index is 5.40. The molecule has 0 atom stereocenters. The van der Waals surface area contributed by atoms with Gasteiger partial charge in [-0.15, -0.1) is 0 Å². The average Bonchev–Trinajstić information content (AvgIpc) is 2.76. The highest BCUT2D eigenvalue weighted by atomic mass is 16.5. The number of rotatable bonds is 6. The van der Waals surface area contributed by atoms with E-state index in [2.05, 4.69) is 34.5 Å². The zero-order chi connectivity index (χ0) is 18.3. The Balaban J connectivity index is 1.55. The van der Waals surface area contributed by atoms with Crippen LogP contribution in [-0.4, -0.2) is 54.3 Å². The van der Waals surface area contributed by atoms with Gasteiger partial charge in [0.25, 0.3) is 0 Å². The van der Waals surface area contributed by atoms with Crippen molar-refractivity contribution in [1.29, 1.82) is 0 Å². The van der Waals surface area contributed by atoms with E-state index in [0.717, 1.165) is 67.7 Å². The normalized spacial score (nSPS) is 14.8. The van der Waals surface area contributed by atoms with Crippen LogP contribution in [0, 0.1) is 0 Å². The number of morpholine rings is 1. The van der Waals surface area contributed by atoms with Crippen molar-refractivity contribution >= 4 is 5.82 Å². The molecule has 5 nitrogen and oxygen atoms in total. The van der Waals surface area contributed by atoms with Gasteiger partial charge in [0.05, 0.1) is 30.8 Å². The minimum atomic E-state index is 0.807. The molecular formula is C22H24N4O. The molecule has 0 saturated carbocycles. The fraction of sp³-hybridized carbons (Fsp3) is 0.273. The summed E-state index contributed by atoms with van der Waals surface area (Å²) in [7, 11) is 0. The molecule has 1 N–H and O–H groups in total. The van der Waals surface area contributed by atoms with Gasteiger partial charge in [-0.25, -0.2) is 4.98 Å². The molecule has 0 radical (unpaired) electrons. The first-order chi connectivity index (χ1) is 13.4. The predicted molar refractivity (Wildman–Crippen MR) is 109 cm³/mol. The molecule has 0 amide bonds. The van der Waals surface area contributed by atoms with Gasteiger partial charge in [0.2, 0.25) is 0 Å². The average molecular weight is 360 g/mol. The lowest BCUT2D eigenvalue weighted by atomic mass is 10.0. The van der Waals surface area contributed by atoms with Gasteiger partial charge in [0.15, 0.2) is 0 Å². The first-order valence-corrected chi connectivity index (χ1v) is 9.42. The number of nitrogens with one attached hydrogen (secondary N) is 1. The van der Waals surface area contributed by atoms with E-state index in [1.807, 2.05) is 42.6 Å². The number of hydrogen-bond donors (Lipinski definition) is 1. The largest absolute Gasteiger partial charge is 0.379 e. The van der Waals surface area contributed by atoms with Crippen LogP contribution in [0.25, 0.3) is 22.5 Å². The Morgan fingerprint density at radius 3 is 2.15 bits per heavy atom. The Morgan fingerprint density at radius 2 is 1.48 bits per heavy atom. The molecule has 0 bridgehead atoms. The van der Waals surface area contributed by atoms with Crippen LogP contribution < -0.4 is 5.32 Å². The lowest BCUT2D eigenvalue weighted by molar-refractivity contribution is 0.0398. The van der Waals surface area contributed by atoms with Crippen LogP contribution in [-0.2, 0) is 4.74 Å². The third-order valence-electron chi connectivity index (χ3n) is 4.70. The van der Waals surface area contributed by atoms with E-state index in [-0.39, 0.29) is 0 Å². The van der Waals surface area contributed by atoms with Crippen molar-refractivity contribution in [2.24, 2.45) is 0 Å².